The van der Waals surface area contributed by atoms with Gasteiger partial charge in [-0.15, -0.1) is 0 Å². The van der Waals surface area contributed by atoms with Gasteiger partial charge in [0.2, 0.25) is 5.91 Å². The van der Waals surface area contributed by atoms with Gasteiger partial charge >= 0.3 is 0 Å². The molecule has 0 aliphatic heterocycles. The van der Waals surface area contributed by atoms with Gasteiger partial charge in [-0.1, -0.05) is 12.1 Å². The molecule has 0 aliphatic carbocycles. The van der Waals surface area contributed by atoms with Crippen LogP contribution in [0.5, 0.6) is 0 Å². The molecule has 0 spiro atoms. The Kier molecular flexibility index (Phi) is 4.46. The summed E-state index contributed by atoms with van der Waals surface area (Å²) >= 11 is 0. The predicted octanol–water partition coefficient (Wildman–Crippen LogP) is 2.42. The van der Waals surface area contributed by atoms with Crippen molar-refractivity contribution in [1.82, 2.24) is 14.9 Å². The second-order valence-corrected chi connectivity index (χ2v) is 5.79. The van der Waals surface area contributed by atoms with Crippen LogP contribution in [0.1, 0.15) is 23.8 Å². The van der Waals surface area contributed by atoms with Gasteiger partial charge in [-0.25, -0.2) is 4.98 Å². The van der Waals surface area contributed by atoms with Crippen LogP contribution in [-0.4, -0.2) is 27.8 Å². The van der Waals surface area contributed by atoms with E-state index in [1.165, 1.54) is 0 Å². The topological polar surface area (TPSA) is 79.2 Å². The van der Waals surface area contributed by atoms with Crippen molar-refractivity contribution in [2.75, 3.05) is 7.05 Å². The number of rotatable bonds is 5. The lowest BCUT2D eigenvalue weighted by Gasteiger charge is -2.15. The molecule has 2 aromatic heterocycles. The van der Waals surface area contributed by atoms with Crippen LogP contribution in [0.2, 0.25) is 0 Å². The fourth-order valence-electron chi connectivity index (χ4n) is 2.56. The first kappa shape index (κ1) is 16.0. The molecule has 24 heavy (non-hydrogen) atoms. The predicted molar refractivity (Wildman–Crippen MR) is 90.6 cm³/mol. The van der Waals surface area contributed by atoms with E-state index in [-0.39, 0.29) is 17.9 Å². The molecule has 0 radical (unpaired) electrons. The van der Waals surface area contributed by atoms with Crippen LogP contribution in [-0.2, 0) is 17.8 Å². The summed E-state index contributed by atoms with van der Waals surface area (Å²) in [5.74, 6) is 2.07. The summed E-state index contributed by atoms with van der Waals surface area (Å²) in [7, 11) is 1.73. The van der Waals surface area contributed by atoms with Crippen molar-refractivity contribution >= 4 is 16.8 Å². The van der Waals surface area contributed by atoms with Crippen LogP contribution >= 0.6 is 0 Å². The van der Waals surface area contributed by atoms with E-state index >= 15 is 0 Å². The smallest absolute Gasteiger partial charge is 0.258 e. The van der Waals surface area contributed by atoms with Crippen LogP contribution in [0.4, 0.5) is 0 Å². The van der Waals surface area contributed by atoms with Crippen LogP contribution in [0, 0.1) is 6.92 Å². The van der Waals surface area contributed by atoms with Crippen molar-refractivity contribution in [3.8, 4) is 0 Å². The van der Waals surface area contributed by atoms with Gasteiger partial charge in [0.25, 0.3) is 5.56 Å². The molecule has 2 heterocycles. The summed E-state index contributed by atoms with van der Waals surface area (Å²) in [5, 5.41) is 0.554. The van der Waals surface area contributed by atoms with Crippen molar-refractivity contribution in [2.24, 2.45) is 0 Å². The maximum Gasteiger partial charge on any atom is 0.258 e. The molecular weight excluding hydrogens is 306 g/mol. The number of amides is 1. The fraction of sp³-hybridized carbons (Fsp3) is 0.278. The number of hydrogen-bond donors (Lipinski definition) is 1. The lowest BCUT2D eigenvalue weighted by atomic mass is 10.2. The van der Waals surface area contributed by atoms with Gasteiger partial charge in [-0.2, -0.15) is 0 Å². The number of carbonyl (C=O) groups is 1. The van der Waals surface area contributed by atoms with Gasteiger partial charge in [-0.3, -0.25) is 9.59 Å². The number of furan rings is 1. The zero-order valence-corrected chi connectivity index (χ0v) is 13.7. The molecule has 1 amide bonds. The Morgan fingerprint density at radius 1 is 1.25 bits per heavy atom. The Morgan fingerprint density at radius 2 is 2.04 bits per heavy atom. The molecular formula is C18H19N3O3. The van der Waals surface area contributed by atoms with Gasteiger partial charge < -0.3 is 14.3 Å². The molecule has 6 heteroatoms. The summed E-state index contributed by atoms with van der Waals surface area (Å²) in [6.45, 7) is 2.29. The van der Waals surface area contributed by atoms with Gasteiger partial charge in [-0.05, 0) is 31.2 Å². The Bertz CT molecular complexity index is 926. The Hall–Kier alpha value is -2.89. The molecule has 0 fully saturated rings. The highest BCUT2D eigenvalue weighted by Gasteiger charge is 2.12. The molecule has 1 N–H and O–H groups in total. The summed E-state index contributed by atoms with van der Waals surface area (Å²) in [5.41, 5.74) is 0.463. The molecule has 6 nitrogen and oxygen atoms in total. The monoisotopic (exact) mass is 325 g/mol. The fourth-order valence-corrected chi connectivity index (χ4v) is 2.56. The molecule has 0 aliphatic rings. The zero-order chi connectivity index (χ0) is 17.1. The number of hydrogen-bond acceptors (Lipinski definition) is 4. The van der Waals surface area contributed by atoms with Gasteiger partial charge in [0.15, 0.2) is 0 Å². The van der Waals surface area contributed by atoms with Crippen LogP contribution in [0.3, 0.4) is 0 Å². The van der Waals surface area contributed by atoms with Gasteiger partial charge in [0.1, 0.15) is 17.3 Å². The van der Waals surface area contributed by atoms with E-state index in [0.717, 1.165) is 11.5 Å². The number of carbonyl (C=O) groups excluding carboxylic acids is 1. The molecule has 0 saturated heterocycles. The molecule has 3 rings (SSSR count). The van der Waals surface area contributed by atoms with Gasteiger partial charge in [0.05, 0.1) is 17.4 Å². The third-order valence-electron chi connectivity index (χ3n) is 3.85. The quantitative estimate of drug-likeness (QED) is 0.781. The normalized spacial score (nSPS) is 10.9. The van der Waals surface area contributed by atoms with Gasteiger partial charge in [0, 0.05) is 19.9 Å². The second kappa shape index (κ2) is 6.70. The number of H-pyrrole nitrogens is 1. The summed E-state index contributed by atoms with van der Waals surface area (Å²) in [6.07, 6.45) is 0.665. The largest absolute Gasteiger partial charge is 0.464 e. The van der Waals surface area contributed by atoms with Crippen molar-refractivity contribution in [2.45, 2.75) is 26.3 Å². The van der Waals surface area contributed by atoms with E-state index in [9.17, 15) is 9.59 Å². The maximum atomic E-state index is 12.2. The molecule has 1 aromatic carbocycles. The Morgan fingerprint density at radius 3 is 2.79 bits per heavy atom. The van der Waals surface area contributed by atoms with E-state index < -0.39 is 0 Å². The van der Waals surface area contributed by atoms with Crippen LogP contribution < -0.4 is 5.56 Å². The third-order valence-corrected chi connectivity index (χ3v) is 3.85. The number of aryl methyl sites for hydroxylation is 2. The first-order valence-corrected chi connectivity index (χ1v) is 7.80. The van der Waals surface area contributed by atoms with E-state index in [1.807, 2.05) is 25.1 Å². The Labute approximate surface area is 139 Å². The second-order valence-electron chi connectivity index (χ2n) is 5.79. The van der Waals surface area contributed by atoms with E-state index in [0.29, 0.717) is 29.7 Å². The number of para-hydroxylation sites is 1. The highest BCUT2D eigenvalue weighted by molar-refractivity contribution is 5.78. The molecule has 0 saturated carbocycles. The first-order chi connectivity index (χ1) is 11.5. The number of nitrogens with zero attached hydrogens (tertiary/aromatic N) is 2. The lowest BCUT2D eigenvalue weighted by Crippen LogP contribution is -2.26. The summed E-state index contributed by atoms with van der Waals surface area (Å²) < 4.78 is 5.48. The highest BCUT2D eigenvalue weighted by atomic mass is 16.3. The van der Waals surface area contributed by atoms with Crippen molar-refractivity contribution in [3.63, 3.8) is 0 Å². The molecule has 0 bridgehead atoms. The molecule has 0 atom stereocenters. The van der Waals surface area contributed by atoms with Crippen molar-refractivity contribution < 1.29 is 9.21 Å². The first-order valence-electron chi connectivity index (χ1n) is 7.80. The number of fused-ring (bicyclic) bond motifs is 1. The number of aromatic nitrogens is 2. The molecule has 124 valence electrons. The van der Waals surface area contributed by atoms with Crippen LogP contribution in [0.15, 0.2) is 45.6 Å². The lowest BCUT2D eigenvalue weighted by molar-refractivity contribution is -0.130. The SMILES string of the molecule is Cc1ccc(CN(C)C(=O)CCc2nc3ccccc3c(=O)[nH]2)o1. The standard InChI is InChI=1S/C18H19N3O3/c1-12-7-8-13(24-12)11-21(2)17(22)10-9-16-19-15-6-4-3-5-14(15)18(23)20-16/h3-8H,9-11H2,1-2H3,(H,19,20,23). The minimum atomic E-state index is -0.178. The van der Waals surface area contributed by atoms with E-state index in [4.69, 9.17) is 4.42 Å². The minimum Gasteiger partial charge on any atom is -0.464 e. The average molecular weight is 325 g/mol. The van der Waals surface area contributed by atoms with E-state index in [2.05, 4.69) is 9.97 Å². The third kappa shape index (κ3) is 3.53. The average Bonchev–Trinajstić information content (AvgIpc) is 2.97. The highest BCUT2D eigenvalue weighted by Crippen LogP contribution is 2.10. The number of aromatic amines is 1. The minimum absolute atomic E-state index is 0.0279. The maximum absolute atomic E-state index is 12.2. The van der Waals surface area contributed by atoms with E-state index in [1.54, 1.807) is 30.1 Å². The number of nitrogens with one attached hydrogen (secondary N) is 1. The molecule has 3 aromatic rings. The summed E-state index contributed by atoms with van der Waals surface area (Å²) in [4.78, 5) is 33.0. The number of benzene rings is 1. The van der Waals surface area contributed by atoms with Crippen molar-refractivity contribution in [1.29, 1.82) is 0 Å². The zero-order valence-electron chi connectivity index (χ0n) is 13.7. The van der Waals surface area contributed by atoms with Crippen molar-refractivity contribution in [3.05, 3.63) is 64.1 Å². The Balaban J connectivity index is 1.64. The molecule has 0 unspecified atom stereocenters. The van der Waals surface area contributed by atoms with Crippen LogP contribution in [0.25, 0.3) is 10.9 Å². The summed E-state index contributed by atoms with van der Waals surface area (Å²) in [6, 6.07) is 10.9.